The average Bonchev–Trinajstić information content (AvgIpc) is 2.80. The summed E-state index contributed by atoms with van der Waals surface area (Å²) in [4.78, 5) is 38.4. The Labute approximate surface area is 164 Å². The van der Waals surface area contributed by atoms with Gasteiger partial charge < -0.3 is 15.0 Å². The number of aryl methyl sites for hydroxylation is 1. The van der Waals surface area contributed by atoms with E-state index in [9.17, 15) is 14.4 Å². The van der Waals surface area contributed by atoms with Crippen molar-refractivity contribution in [3.8, 4) is 0 Å². The molecule has 1 atom stereocenters. The monoisotopic (exact) mass is 380 g/mol. The molecule has 6 heteroatoms. The van der Waals surface area contributed by atoms with Gasteiger partial charge in [0.25, 0.3) is 5.91 Å². The molecule has 0 saturated carbocycles. The molecule has 0 bridgehead atoms. The van der Waals surface area contributed by atoms with Crippen molar-refractivity contribution in [3.05, 3.63) is 59.2 Å². The highest BCUT2D eigenvalue weighted by Gasteiger charge is 2.25. The van der Waals surface area contributed by atoms with Gasteiger partial charge in [-0.05, 0) is 61.7 Å². The fourth-order valence-corrected chi connectivity index (χ4v) is 3.28. The van der Waals surface area contributed by atoms with Crippen molar-refractivity contribution in [2.45, 2.75) is 26.7 Å². The molecule has 1 N–H and O–H groups in total. The van der Waals surface area contributed by atoms with Gasteiger partial charge >= 0.3 is 5.97 Å². The highest BCUT2D eigenvalue weighted by molar-refractivity contribution is 6.06. The van der Waals surface area contributed by atoms with E-state index in [0.29, 0.717) is 23.4 Å². The molecule has 1 heterocycles. The Morgan fingerprint density at radius 2 is 1.82 bits per heavy atom. The zero-order valence-corrected chi connectivity index (χ0v) is 16.3. The number of ether oxygens (including phenoxy) is 1. The van der Waals surface area contributed by atoms with Gasteiger partial charge in [-0.25, -0.2) is 4.79 Å². The normalized spacial score (nSPS) is 16.2. The molecule has 0 spiro atoms. The van der Waals surface area contributed by atoms with E-state index >= 15 is 0 Å². The third-order valence-electron chi connectivity index (χ3n) is 4.96. The van der Waals surface area contributed by atoms with Crippen LogP contribution in [0.1, 0.15) is 46.5 Å². The number of hydrogen-bond acceptors (Lipinski definition) is 4. The van der Waals surface area contributed by atoms with Crippen molar-refractivity contribution >= 4 is 29.2 Å². The number of anilines is 2. The lowest BCUT2D eigenvalue weighted by Crippen LogP contribution is -2.30. The lowest BCUT2D eigenvalue weighted by molar-refractivity contribution is -0.121. The first-order valence-electron chi connectivity index (χ1n) is 9.39. The number of carbonyl (C=O) groups is 3. The van der Waals surface area contributed by atoms with Crippen LogP contribution in [0, 0.1) is 5.92 Å². The number of amides is 2. The molecule has 0 fully saturated rings. The Morgan fingerprint density at radius 3 is 2.50 bits per heavy atom. The molecule has 146 valence electrons. The zero-order chi connectivity index (χ0) is 20.3. The Bertz CT molecular complexity index is 905. The van der Waals surface area contributed by atoms with Gasteiger partial charge in [0.05, 0.1) is 12.2 Å². The van der Waals surface area contributed by atoms with Crippen molar-refractivity contribution in [1.29, 1.82) is 0 Å². The maximum absolute atomic E-state index is 12.7. The van der Waals surface area contributed by atoms with Gasteiger partial charge in [0.15, 0.2) is 0 Å². The molecule has 1 unspecified atom stereocenters. The molecule has 0 aliphatic carbocycles. The number of fused-ring (bicyclic) bond motifs is 1. The minimum Gasteiger partial charge on any atom is -0.462 e. The topological polar surface area (TPSA) is 75.7 Å². The summed E-state index contributed by atoms with van der Waals surface area (Å²) in [6.45, 7) is 3.99. The third kappa shape index (κ3) is 4.06. The molecular weight excluding hydrogens is 356 g/mol. The van der Waals surface area contributed by atoms with E-state index in [1.165, 1.54) is 0 Å². The molecule has 2 aromatic carbocycles. The third-order valence-corrected chi connectivity index (χ3v) is 4.96. The smallest absolute Gasteiger partial charge is 0.338 e. The van der Waals surface area contributed by atoms with Crippen LogP contribution in [0.25, 0.3) is 0 Å². The first-order valence-corrected chi connectivity index (χ1v) is 9.39. The Balaban J connectivity index is 1.77. The second-order valence-corrected chi connectivity index (χ2v) is 6.93. The standard InChI is InChI=1S/C22H24N2O4/c1-4-28-22(27)16-9-11-18(12-10-16)23-20(25)17-8-7-15-6-5-14(2)21(26)24(3)19(15)13-17/h7-14H,4-6H2,1-3H3,(H,23,25). The van der Waals surface area contributed by atoms with E-state index in [1.54, 1.807) is 55.3 Å². The highest BCUT2D eigenvalue weighted by atomic mass is 16.5. The molecule has 1 aliphatic rings. The quantitative estimate of drug-likeness (QED) is 0.822. The summed E-state index contributed by atoms with van der Waals surface area (Å²) in [5.41, 5.74) is 3.32. The van der Waals surface area contributed by atoms with Crippen LogP contribution < -0.4 is 10.2 Å². The molecule has 6 nitrogen and oxygen atoms in total. The number of nitrogens with one attached hydrogen (secondary N) is 1. The van der Waals surface area contributed by atoms with Crippen LogP contribution in [0.2, 0.25) is 0 Å². The summed E-state index contributed by atoms with van der Waals surface area (Å²) in [6, 6.07) is 12.0. The van der Waals surface area contributed by atoms with Crippen LogP contribution in [0.5, 0.6) is 0 Å². The average molecular weight is 380 g/mol. The number of benzene rings is 2. The Morgan fingerprint density at radius 1 is 1.14 bits per heavy atom. The SMILES string of the molecule is CCOC(=O)c1ccc(NC(=O)c2ccc3c(c2)N(C)C(=O)C(C)CC3)cc1. The number of rotatable bonds is 4. The molecule has 1 aliphatic heterocycles. The predicted molar refractivity (Wildman–Crippen MR) is 108 cm³/mol. The van der Waals surface area contributed by atoms with Crippen LogP contribution in [-0.4, -0.2) is 31.4 Å². The molecular formula is C22H24N2O4. The summed E-state index contributed by atoms with van der Waals surface area (Å²) in [5, 5.41) is 2.82. The minimum absolute atomic E-state index is 0.0346. The van der Waals surface area contributed by atoms with Crippen LogP contribution in [0.3, 0.4) is 0 Å². The van der Waals surface area contributed by atoms with Crippen LogP contribution >= 0.6 is 0 Å². The van der Waals surface area contributed by atoms with Gasteiger partial charge in [0, 0.05) is 29.9 Å². The number of esters is 1. The summed E-state index contributed by atoms with van der Waals surface area (Å²) in [7, 11) is 1.75. The maximum Gasteiger partial charge on any atom is 0.338 e. The first kappa shape index (κ1) is 19.6. The summed E-state index contributed by atoms with van der Waals surface area (Å²) in [6.07, 6.45) is 1.61. The van der Waals surface area contributed by atoms with E-state index in [1.807, 2.05) is 13.0 Å². The van der Waals surface area contributed by atoms with Gasteiger partial charge in [-0.1, -0.05) is 13.0 Å². The zero-order valence-electron chi connectivity index (χ0n) is 16.3. The molecule has 0 saturated heterocycles. The van der Waals surface area contributed by atoms with Gasteiger partial charge in [-0.15, -0.1) is 0 Å². The summed E-state index contributed by atoms with van der Waals surface area (Å²) < 4.78 is 4.95. The van der Waals surface area contributed by atoms with Crippen LogP contribution in [0.15, 0.2) is 42.5 Å². The Kier molecular flexibility index (Phi) is 5.78. The summed E-state index contributed by atoms with van der Waals surface area (Å²) in [5.74, 6) is -0.642. The van der Waals surface area contributed by atoms with Gasteiger partial charge in [0.2, 0.25) is 5.91 Å². The summed E-state index contributed by atoms with van der Waals surface area (Å²) >= 11 is 0. The fraction of sp³-hybridized carbons (Fsp3) is 0.318. The molecule has 2 aromatic rings. The van der Waals surface area contributed by atoms with Crippen molar-refractivity contribution in [3.63, 3.8) is 0 Å². The molecule has 0 radical (unpaired) electrons. The Hall–Kier alpha value is -3.15. The predicted octanol–water partition coefficient (Wildman–Crippen LogP) is 3.66. The highest BCUT2D eigenvalue weighted by Crippen LogP contribution is 2.29. The first-order chi connectivity index (χ1) is 13.4. The second-order valence-electron chi connectivity index (χ2n) is 6.93. The molecule has 28 heavy (non-hydrogen) atoms. The number of nitrogens with zero attached hydrogens (tertiary/aromatic N) is 1. The van der Waals surface area contributed by atoms with E-state index in [-0.39, 0.29) is 17.7 Å². The van der Waals surface area contributed by atoms with Crippen molar-refractivity contribution in [2.75, 3.05) is 23.9 Å². The van der Waals surface area contributed by atoms with Crippen molar-refractivity contribution < 1.29 is 19.1 Å². The lowest BCUT2D eigenvalue weighted by atomic mass is 10.0. The van der Waals surface area contributed by atoms with E-state index in [4.69, 9.17) is 4.74 Å². The molecule has 2 amide bonds. The van der Waals surface area contributed by atoms with Crippen LogP contribution in [-0.2, 0) is 16.0 Å². The largest absolute Gasteiger partial charge is 0.462 e. The van der Waals surface area contributed by atoms with E-state index < -0.39 is 5.97 Å². The van der Waals surface area contributed by atoms with Crippen molar-refractivity contribution in [2.24, 2.45) is 5.92 Å². The van der Waals surface area contributed by atoms with Gasteiger partial charge in [-0.2, -0.15) is 0 Å². The second kappa shape index (κ2) is 8.25. The number of carbonyl (C=O) groups excluding carboxylic acids is 3. The molecule has 3 rings (SSSR count). The van der Waals surface area contributed by atoms with Gasteiger partial charge in [0.1, 0.15) is 0 Å². The van der Waals surface area contributed by atoms with Crippen LogP contribution in [0.4, 0.5) is 11.4 Å². The lowest BCUT2D eigenvalue weighted by Gasteiger charge is -2.20. The van der Waals surface area contributed by atoms with Gasteiger partial charge in [-0.3, -0.25) is 9.59 Å². The minimum atomic E-state index is -0.395. The molecule has 0 aromatic heterocycles. The van der Waals surface area contributed by atoms with E-state index in [2.05, 4.69) is 5.32 Å². The fourth-order valence-electron chi connectivity index (χ4n) is 3.28. The van der Waals surface area contributed by atoms with E-state index in [0.717, 1.165) is 24.1 Å². The maximum atomic E-state index is 12.7. The number of hydrogen-bond donors (Lipinski definition) is 1. The van der Waals surface area contributed by atoms with Crippen molar-refractivity contribution in [1.82, 2.24) is 0 Å².